The van der Waals surface area contributed by atoms with Crippen LogP contribution in [0.2, 0.25) is 0 Å². The minimum atomic E-state index is -0.263. The molecule has 1 N–H and O–H groups in total. The second-order valence-electron chi connectivity index (χ2n) is 5.81. The summed E-state index contributed by atoms with van der Waals surface area (Å²) in [4.78, 5) is 28.0. The summed E-state index contributed by atoms with van der Waals surface area (Å²) in [6.07, 6.45) is 0. The van der Waals surface area contributed by atoms with Crippen molar-refractivity contribution < 1.29 is 19.1 Å². The van der Waals surface area contributed by atoms with Gasteiger partial charge in [-0.25, -0.2) is 4.79 Å². The fourth-order valence-corrected chi connectivity index (χ4v) is 2.86. The van der Waals surface area contributed by atoms with Gasteiger partial charge in [0.05, 0.1) is 14.2 Å². The largest absolute Gasteiger partial charge is 0.493 e. The monoisotopic (exact) mass is 355 g/mol. The van der Waals surface area contributed by atoms with E-state index in [9.17, 15) is 9.59 Å². The van der Waals surface area contributed by atoms with Crippen molar-refractivity contribution in [2.45, 2.75) is 0 Å². The summed E-state index contributed by atoms with van der Waals surface area (Å²) in [7, 11) is 3.08. The van der Waals surface area contributed by atoms with E-state index in [0.717, 1.165) is 5.69 Å². The summed E-state index contributed by atoms with van der Waals surface area (Å²) < 4.78 is 10.4. The number of hydrogen-bond acceptors (Lipinski definition) is 4. The number of urea groups is 1. The number of amides is 3. The molecule has 136 valence electrons. The molecule has 1 heterocycles. The molecule has 2 aromatic carbocycles. The average Bonchev–Trinajstić information content (AvgIpc) is 3.02. The third kappa shape index (κ3) is 3.72. The van der Waals surface area contributed by atoms with Crippen molar-refractivity contribution in [2.24, 2.45) is 0 Å². The maximum absolute atomic E-state index is 12.5. The first-order valence-corrected chi connectivity index (χ1v) is 8.25. The van der Waals surface area contributed by atoms with E-state index in [-0.39, 0.29) is 18.5 Å². The molecule has 0 unspecified atom stereocenters. The number of hydrogen-bond donors (Lipinski definition) is 1. The van der Waals surface area contributed by atoms with Crippen molar-refractivity contribution in [1.82, 2.24) is 4.90 Å². The number of nitrogens with one attached hydrogen (secondary N) is 1. The van der Waals surface area contributed by atoms with Crippen molar-refractivity contribution in [1.29, 1.82) is 0 Å². The molecule has 0 spiro atoms. The molecule has 1 aliphatic heterocycles. The molecule has 7 heteroatoms. The Morgan fingerprint density at radius 3 is 2.46 bits per heavy atom. The number of para-hydroxylation sites is 1. The van der Waals surface area contributed by atoms with E-state index in [2.05, 4.69) is 5.32 Å². The lowest BCUT2D eigenvalue weighted by Crippen LogP contribution is -2.37. The topological polar surface area (TPSA) is 71.1 Å². The van der Waals surface area contributed by atoms with Crippen LogP contribution >= 0.6 is 0 Å². The predicted molar refractivity (Wildman–Crippen MR) is 98.9 cm³/mol. The van der Waals surface area contributed by atoms with Crippen LogP contribution in [0.25, 0.3) is 0 Å². The van der Waals surface area contributed by atoms with Crippen LogP contribution in [0, 0.1) is 0 Å². The Kier molecular flexibility index (Phi) is 5.26. The summed E-state index contributed by atoms with van der Waals surface area (Å²) in [6.45, 7) is 1.07. The fourth-order valence-electron chi connectivity index (χ4n) is 2.86. The third-order valence-electron chi connectivity index (χ3n) is 4.16. The second-order valence-corrected chi connectivity index (χ2v) is 5.81. The van der Waals surface area contributed by atoms with Crippen LogP contribution < -0.4 is 19.7 Å². The average molecular weight is 355 g/mol. The second kappa shape index (κ2) is 7.77. The first-order chi connectivity index (χ1) is 12.6. The van der Waals surface area contributed by atoms with Crippen LogP contribution in [0.4, 0.5) is 16.2 Å². The molecule has 0 bridgehead atoms. The van der Waals surface area contributed by atoms with Crippen LogP contribution in [0.15, 0.2) is 48.5 Å². The normalized spacial score (nSPS) is 13.7. The number of ether oxygens (including phenoxy) is 2. The van der Waals surface area contributed by atoms with Gasteiger partial charge in [-0.3, -0.25) is 9.69 Å². The minimum Gasteiger partial charge on any atom is -0.493 e. The Bertz CT molecular complexity index is 795. The van der Waals surface area contributed by atoms with Gasteiger partial charge < -0.3 is 19.7 Å². The Hall–Kier alpha value is -3.22. The molecule has 0 aromatic heterocycles. The van der Waals surface area contributed by atoms with Crippen molar-refractivity contribution in [3.8, 4) is 11.5 Å². The lowest BCUT2D eigenvalue weighted by atomic mass is 10.2. The van der Waals surface area contributed by atoms with Gasteiger partial charge in [0.2, 0.25) is 5.91 Å². The van der Waals surface area contributed by atoms with Gasteiger partial charge in [0.25, 0.3) is 0 Å². The number of methoxy groups -OCH3 is 2. The first-order valence-electron chi connectivity index (χ1n) is 8.25. The fraction of sp³-hybridized carbons (Fsp3) is 0.263. The molecule has 7 nitrogen and oxygen atoms in total. The highest BCUT2D eigenvalue weighted by molar-refractivity contribution is 5.99. The molecule has 0 saturated carbocycles. The predicted octanol–water partition coefficient (Wildman–Crippen LogP) is 2.58. The SMILES string of the molecule is COc1ccc(NC(=O)CN2CCN(c3ccccc3)C2=O)cc1OC. The zero-order valence-electron chi connectivity index (χ0n) is 14.8. The Balaban J connectivity index is 1.61. The molecular formula is C19H21N3O4. The van der Waals surface area contributed by atoms with Crippen LogP contribution in [0.5, 0.6) is 11.5 Å². The molecule has 0 radical (unpaired) electrons. The lowest BCUT2D eigenvalue weighted by molar-refractivity contribution is -0.116. The van der Waals surface area contributed by atoms with Gasteiger partial charge in [0, 0.05) is 30.5 Å². The van der Waals surface area contributed by atoms with E-state index < -0.39 is 0 Å². The molecule has 0 atom stereocenters. The van der Waals surface area contributed by atoms with Gasteiger partial charge in [0.15, 0.2) is 11.5 Å². The molecule has 2 aromatic rings. The highest BCUT2D eigenvalue weighted by Gasteiger charge is 2.30. The van der Waals surface area contributed by atoms with Gasteiger partial charge in [0.1, 0.15) is 6.54 Å². The molecule has 26 heavy (non-hydrogen) atoms. The number of carbonyl (C=O) groups excluding carboxylic acids is 2. The number of nitrogens with zero attached hydrogens (tertiary/aromatic N) is 2. The Labute approximate surface area is 152 Å². The molecular weight excluding hydrogens is 334 g/mol. The number of anilines is 2. The van der Waals surface area contributed by atoms with Gasteiger partial charge in [-0.05, 0) is 24.3 Å². The number of carbonyl (C=O) groups is 2. The Morgan fingerprint density at radius 1 is 1.04 bits per heavy atom. The Morgan fingerprint density at radius 2 is 1.77 bits per heavy atom. The first kappa shape index (κ1) is 17.6. The van der Waals surface area contributed by atoms with Crippen molar-refractivity contribution in [2.75, 3.05) is 44.1 Å². The van der Waals surface area contributed by atoms with Gasteiger partial charge in [-0.1, -0.05) is 18.2 Å². The zero-order chi connectivity index (χ0) is 18.5. The smallest absolute Gasteiger partial charge is 0.325 e. The third-order valence-corrected chi connectivity index (χ3v) is 4.16. The summed E-state index contributed by atoms with van der Waals surface area (Å²) in [6, 6.07) is 14.4. The van der Waals surface area contributed by atoms with E-state index in [1.54, 1.807) is 30.2 Å². The molecule has 1 aliphatic rings. The summed E-state index contributed by atoms with van der Waals surface area (Å²) in [5.74, 6) is 0.844. The minimum absolute atomic E-state index is 0.00346. The highest BCUT2D eigenvalue weighted by Crippen LogP contribution is 2.29. The molecule has 1 fully saturated rings. The van der Waals surface area contributed by atoms with Crippen LogP contribution in [0.3, 0.4) is 0 Å². The lowest BCUT2D eigenvalue weighted by Gasteiger charge is -2.18. The van der Waals surface area contributed by atoms with Crippen molar-refractivity contribution >= 4 is 23.3 Å². The van der Waals surface area contributed by atoms with Crippen molar-refractivity contribution in [3.05, 3.63) is 48.5 Å². The van der Waals surface area contributed by atoms with E-state index in [0.29, 0.717) is 30.3 Å². The quantitative estimate of drug-likeness (QED) is 0.865. The molecule has 0 aliphatic carbocycles. The summed E-state index contributed by atoms with van der Waals surface area (Å²) in [5.41, 5.74) is 1.42. The van der Waals surface area contributed by atoms with Gasteiger partial charge in [-0.2, -0.15) is 0 Å². The molecule has 3 amide bonds. The molecule has 3 rings (SSSR count). The maximum Gasteiger partial charge on any atom is 0.325 e. The van der Waals surface area contributed by atoms with Gasteiger partial charge in [-0.15, -0.1) is 0 Å². The number of rotatable bonds is 6. The van der Waals surface area contributed by atoms with Crippen LogP contribution in [-0.4, -0.2) is 50.7 Å². The number of benzene rings is 2. The summed E-state index contributed by atoms with van der Waals surface area (Å²) in [5, 5.41) is 2.78. The van der Waals surface area contributed by atoms with E-state index in [1.807, 2.05) is 30.3 Å². The molecule has 1 saturated heterocycles. The van der Waals surface area contributed by atoms with E-state index in [4.69, 9.17) is 9.47 Å². The standard InChI is InChI=1S/C19H21N3O4/c1-25-16-9-8-14(12-17(16)26-2)20-18(23)13-21-10-11-22(19(21)24)15-6-4-3-5-7-15/h3-9,12H,10-11,13H2,1-2H3,(H,20,23). The van der Waals surface area contributed by atoms with Crippen LogP contribution in [0.1, 0.15) is 0 Å². The van der Waals surface area contributed by atoms with E-state index >= 15 is 0 Å². The zero-order valence-corrected chi connectivity index (χ0v) is 14.8. The van der Waals surface area contributed by atoms with Crippen molar-refractivity contribution in [3.63, 3.8) is 0 Å². The highest BCUT2D eigenvalue weighted by atomic mass is 16.5. The summed E-state index contributed by atoms with van der Waals surface area (Å²) >= 11 is 0. The van der Waals surface area contributed by atoms with Gasteiger partial charge >= 0.3 is 6.03 Å². The maximum atomic E-state index is 12.5. The van der Waals surface area contributed by atoms with Crippen LogP contribution in [-0.2, 0) is 4.79 Å². The van der Waals surface area contributed by atoms with E-state index in [1.165, 1.54) is 12.0 Å².